The number of aromatic nitrogens is 6. The van der Waals surface area contributed by atoms with E-state index in [1.807, 2.05) is 6.92 Å². The number of hydrogen-bond acceptors (Lipinski definition) is 8. The quantitative estimate of drug-likeness (QED) is 0.0577. The topological polar surface area (TPSA) is 177 Å². The molecule has 3 aromatic carbocycles. The van der Waals surface area contributed by atoms with Crippen molar-refractivity contribution in [3.8, 4) is 11.4 Å². The van der Waals surface area contributed by atoms with Gasteiger partial charge in [0.05, 0.1) is 68.7 Å². The third-order valence-electron chi connectivity index (χ3n) is 6.78. The number of H-pyrrole nitrogens is 1. The zero-order valence-electron chi connectivity index (χ0n) is 29.2. The number of aryl methyl sites for hydroxylation is 3. The molecule has 0 radical (unpaired) electrons. The second kappa shape index (κ2) is 20.4. The van der Waals surface area contributed by atoms with E-state index < -0.39 is 62.3 Å². The van der Waals surface area contributed by atoms with Crippen molar-refractivity contribution in [1.82, 2.24) is 29.1 Å². The van der Waals surface area contributed by atoms with Gasteiger partial charge in [-0.25, -0.2) is 19.3 Å². The van der Waals surface area contributed by atoms with E-state index in [1.165, 1.54) is 34.1 Å². The van der Waals surface area contributed by atoms with Gasteiger partial charge in [0.1, 0.15) is 5.82 Å². The number of nitrogens with zero attached hydrogens (tertiary/aromatic N) is 7. The summed E-state index contributed by atoms with van der Waals surface area (Å²) in [5.41, 5.74) is 3.62. The molecule has 3 N–H and O–H groups in total. The number of anilines is 1. The van der Waals surface area contributed by atoms with Crippen molar-refractivity contribution < 1.29 is 53.8 Å². The number of alkyl halides is 9. The SMILES string of the molecule is C.Cc1cn(-c2cc(N)cc(C(F)(F)F)c2)cn1.Cc1cn(-c2cc([N+](=O)[O-])cc(C(F)(F)F)c2)cn1.Cc1cnc[nH]1.I.O=[N+]([O-])c1cc(F)cc(C(F)(F)F)c1. The molecule has 0 atom stereocenters. The fourth-order valence-electron chi connectivity index (χ4n) is 4.25. The van der Waals surface area contributed by atoms with Crippen LogP contribution in [0.1, 0.15) is 41.2 Å². The largest absolute Gasteiger partial charge is 0.416 e. The molecule has 0 aliphatic rings. The van der Waals surface area contributed by atoms with Crippen molar-refractivity contribution in [3.63, 3.8) is 0 Å². The van der Waals surface area contributed by atoms with E-state index in [1.54, 1.807) is 32.6 Å². The minimum Gasteiger partial charge on any atom is -0.399 e. The van der Waals surface area contributed by atoms with Crippen LogP contribution in [0, 0.1) is 46.8 Å². The van der Waals surface area contributed by atoms with E-state index in [9.17, 15) is 64.1 Å². The highest BCUT2D eigenvalue weighted by Gasteiger charge is 2.34. The molecule has 6 aromatic rings. The first-order valence-electron chi connectivity index (χ1n) is 15.2. The van der Waals surface area contributed by atoms with Gasteiger partial charge in [0.2, 0.25) is 0 Å². The van der Waals surface area contributed by atoms with Gasteiger partial charge in [0.15, 0.2) is 0 Å². The van der Waals surface area contributed by atoms with Gasteiger partial charge in [0.25, 0.3) is 11.4 Å². The van der Waals surface area contributed by atoms with Crippen LogP contribution in [0.15, 0.2) is 92.2 Å². The van der Waals surface area contributed by atoms with Crippen molar-refractivity contribution in [2.75, 3.05) is 5.73 Å². The first kappa shape index (κ1) is 49.9. The van der Waals surface area contributed by atoms with Crippen molar-refractivity contribution in [2.45, 2.75) is 46.7 Å². The molecule has 0 amide bonds. The number of hydrogen-bond donors (Lipinski definition) is 2. The van der Waals surface area contributed by atoms with Crippen molar-refractivity contribution in [3.05, 3.63) is 152 Å². The average molecular weight is 948 g/mol. The highest BCUT2D eigenvalue weighted by molar-refractivity contribution is 14.0. The van der Waals surface area contributed by atoms with E-state index in [2.05, 4.69) is 19.9 Å². The minimum absolute atomic E-state index is 0. The molecule has 3 heterocycles. The minimum atomic E-state index is -4.78. The molecular weight excluding hydrogens is 915 g/mol. The molecule has 24 heteroatoms. The number of benzene rings is 3. The van der Waals surface area contributed by atoms with Crippen molar-refractivity contribution in [1.29, 1.82) is 0 Å². The Morgan fingerprint density at radius 1 is 0.655 bits per heavy atom. The average Bonchev–Trinajstić information content (AvgIpc) is 3.86. The summed E-state index contributed by atoms with van der Waals surface area (Å²) in [6, 6.07) is 6.74. The monoisotopic (exact) mass is 947 g/mol. The summed E-state index contributed by atoms with van der Waals surface area (Å²) in [5, 5.41) is 20.8. The Labute approximate surface area is 338 Å². The molecule has 0 aliphatic carbocycles. The van der Waals surface area contributed by atoms with Gasteiger partial charge < -0.3 is 19.9 Å². The fourth-order valence-corrected chi connectivity index (χ4v) is 4.25. The van der Waals surface area contributed by atoms with E-state index in [-0.39, 0.29) is 54.9 Å². The molecule has 3 aromatic heterocycles. The number of nitrogen functional groups attached to an aromatic ring is 1. The molecule has 0 fully saturated rings. The Morgan fingerprint density at radius 3 is 1.41 bits per heavy atom. The lowest BCUT2D eigenvalue weighted by Crippen LogP contribution is -2.07. The Balaban J connectivity index is 0.000000402. The van der Waals surface area contributed by atoms with Crippen molar-refractivity contribution >= 4 is 41.0 Å². The standard InChI is InChI=1S/C11H8F3N3O2.C11H10F3N3.C7H3F4NO2.C4H6N2.CH4.HI/c1-7-5-16(6-15-7)9-2-8(11(12,13)14)3-10(4-9)17(18)19;1-7-5-17(6-16-7)10-3-8(11(12,13)14)2-9(15)4-10;8-5-1-4(7(9,10)11)2-6(3-5)12(13)14;1-4-2-5-3-6-4;;/h2-6H,1H3;2-6H,15H2,1H3;1-3H;2-3H,1H3,(H,5,6);1H4;1H. The number of aromatic amines is 1. The van der Waals surface area contributed by atoms with E-state index in [0.29, 0.717) is 23.5 Å². The van der Waals surface area contributed by atoms with Gasteiger partial charge in [-0.1, -0.05) is 7.43 Å². The fraction of sp³-hybridized carbons (Fsp3) is 0.206. The Kier molecular flexibility index (Phi) is 17.5. The van der Waals surface area contributed by atoms with Crippen LogP contribution < -0.4 is 5.73 Å². The summed E-state index contributed by atoms with van der Waals surface area (Å²) in [6.07, 6.45) is -4.52. The van der Waals surface area contributed by atoms with Gasteiger partial charge in [0, 0.05) is 53.9 Å². The predicted molar refractivity (Wildman–Crippen MR) is 201 cm³/mol. The van der Waals surface area contributed by atoms with E-state index >= 15 is 0 Å². The summed E-state index contributed by atoms with van der Waals surface area (Å²) in [6.45, 7) is 5.39. The maximum atomic E-state index is 12.7. The van der Waals surface area contributed by atoms with Crippen LogP contribution in [-0.4, -0.2) is 38.9 Å². The lowest BCUT2D eigenvalue weighted by Gasteiger charge is -2.10. The summed E-state index contributed by atoms with van der Waals surface area (Å²) in [5.74, 6) is -1.29. The third-order valence-corrected chi connectivity index (χ3v) is 6.78. The predicted octanol–water partition coefficient (Wildman–Crippen LogP) is 10.6. The number of nitro groups is 2. The van der Waals surface area contributed by atoms with Crippen LogP contribution in [0.4, 0.5) is 61.0 Å². The Morgan fingerprint density at radius 2 is 1.07 bits per heavy atom. The summed E-state index contributed by atoms with van der Waals surface area (Å²) < 4.78 is 127. The Bertz CT molecular complexity index is 2270. The number of imidazole rings is 3. The van der Waals surface area contributed by atoms with Crippen LogP contribution in [0.25, 0.3) is 11.4 Å². The van der Waals surface area contributed by atoms with Gasteiger partial charge in [-0.05, 0) is 51.1 Å². The Hall–Kier alpha value is -6.08. The van der Waals surface area contributed by atoms with Gasteiger partial charge >= 0.3 is 18.5 Å². The molecule has 0 bridgehead atoms. The summed E-state index contributed by atoms with van der Waals surface area (Å²) in [4.78, 5) is 33.3. The second-order valence-electron chi connectivity index (χ2n) is 11.3. The van der Waals surface area contributed by atoms with Crippen LogP contribution >= 0.6 is 24.0 Å². The maximum absolute atomic E-state index is 12.7. The first-order valence-corrected chi connectivity index (χ1v) is 15.2. The maximum Gasteiger partial charge on any atom is 0.416 e. The lowest BCUT2D eigenvalue weighted by molar-refractivity contribution is -0.385. The van der Waals surface area contributed by atoms with Crippen LogP contribution in [0.2, 0.25) is 0 Å². The molecule has 6 rings (SSSR count). The van der Waals surface area contributed by atoms with Crippen LogP contribution in [-0.2, 0) is 18.5 Å². The zero-order valence-corrected chi connectivity index (χ0v) is 31.5. The normalized spacial score (nSPS) is 10.9. The molecule has 0 spiro atoms. The van der Waals surface area contributed by atoms with Crippen LogP contribution in [0.3, 0.4) is 0 Å². The van der Waals surface area contributed by atoms with Crippen LogP contribution in [0.5, 0.6) is 0 Å². The third kappa shape index (κ3) is 15.1. The number of non-ortho nitro benzene ring substituents is 2. The number of nitrogens with one attached hydrogen (secondary N) is 1. The number of nitrogens with two attached hydrogens (primary N) is 1. The lowest BCUT2D eigenvalue weighted by atomic mass is 10.1. The smallest absolute Gasteiger partial charge is 0.399 e. The molecule has 314 valence electrons. The number of rotatable bonds is 4. The molecular formula is C34H32F10IN9O4. The number of halogens is 11. The first-order chi connectivity index (χ1) is 25.8. The van der Waals surface area contributed by atoms with Gasteiger partial charge in [-0.2, -0.15) is 39.5 Å². The molecule has 13 nitrogen and oxygen atoms in total. The van der Waals surface area contributed by atoms with E-state index in [0.717, 1.165) is 35.7 Å². The summed E-state index contributed by atoms with van der Waals surface area (Å²) in [7, 11) is 0. The van der Waals surface area contributed by atoms with Gasteiger partial charge in [-0.15, -0.1) is 24.0 Å². The molecule has 58 heavy (non-hydrogen) atoms. The zero-order chi connectivity index (χ0) is 42.2. The molecule has 0 unspecified atom stereocenters. The highest BCUT2D eigenvalue weighted by atomic mass is 127. The molecule has 0 saturated heterocycles. The second-order valence-corrected chi connectivity index (χ2v) is 11.3. The molecule has 0 saturated carbocycles. The molecule has 0 aliphatic heterocycles. The van der Waals surface area contributed by atoms with Gasteiger partial charge in [-0.3, -0.25) is 20.2 Å². The summed E-state index contributed by atoms with van der Waals surface area (Å²) >= 11 is 0. The highest BCUT2D eigenvalue weighted by Crippen LogP contribution is 2.35. The number of nitro benzene ring substituents is 2. The van der Waals surface area contributed by atoms with E-state index in [4.69, 9.17) is 5.73 Å². The van der Waals surface area contributed by atoms with Crippen molar-refractivity contribution in [2.24, 2.45) is 0 Å².